The Balaban J connectivity index is 0.000000791. The van der Waals surface area contributed by atoms with Crippen molar-refractivity contribution in [2.24, 2.45) is 5.10 Å². The molecule has 82 valence electrons. The summed E-state index contributed by atoms with van der Waals surface area (Å²) in [6.45, 7) is 10.6. The molecule has 0 atom stereocenters. The Bertz CT molecular complexity index is 204. The van der Waals surface area contributed by atoms with Gasteiger partial charge in [-0.1, -0.05) is 20.4 Å². The van der Waals surface area contributed by atoms with Crippen LogP contribution in [0.25, 0.3) is 0 Å². The molecule has 0 radical (unpaired) electrons. The summed E-state index contributed by atoms with van der Waals surface area (Å²) in [6.07, 6.45) is 0. The fourth-order valence-corrected chi connectivity index (χ4v) is 1.76. The quantitative estimate of drug-likeness (QED) is 0.717. The molecule has 0 aromatic heterocycles. The van der Waals surface area contributed by atoms with Gasteiger partial charge in [-0.05, 0) is 6.92 Å². The molecule has 0 aliphatic carbocycles. The number of aliphatic hydroxyl groups excluding tert-OH is 1. The van der Waals surface area contributed by atoms with E-state index < -0.39 is 0 Å². The van der Waals surface area contributed by atoms with E-state index in [1.165, 1.54) is 0 Å². The molecule has 1 aliphatic heterocycles. The summed E-state index contributed by atoms with van der Waals surface area (Å²) >= 11 is 1.87. The average Bonchev–Trinajstić information content (AvgIpc) is 2.24. The van der Waals surface area contributed by atoms with Gasteiger partial charge < -0.3 is 5.11 Å². The lowest BCUT2D eigenvalue weighted by molar-refractivity contribution is 0.341. The monoisotopic (exact) mass is 216 g/mol. The maximum atomic E-state index is 8.76. The summed E-state index contributed by atoms with van der Waals surface area (Å²) in [5.74, 6) is 2.03. The van der Waals surface area contributed by atoms with E-state index in [9.17, 15) is 0 Å². The predicted octanol–water partition coefficient (Wildman–Crippen LogP) is 1.94. The van der Waals surface area contributed by atoms with E-state index >= 15 is 0 Å². The van der Waals surface area contributed by atoms with E-state index in [0.717, 1.165) is 29.5 Å². The van der Waals surface area contributed by atoms with Gasteiger partial charge >= 0.3 is 0 Å². The lowest BCUT2D eigenvalue weighted by Crippen LogP contribution is -2.26. The normalized spacial score (nSPS) is 17.6. The van der Waals surface area contributed by atoms with Gasteiger partial charge in [0, 0.05) is 17.2 Å². The number of aliphatic hydroxyl groups is 1. The molecule has 4 heteroatoms. The molecule has 1 heterocycles. The Morgan fingerprint density at radius 2 is 2.29 bits per heavy atom. The van der Waals surface area contributed by atoms with Crippen molar-refractivity contribution >= 4 is 17.5 Å². The molecule has 0 aromatic rings. The summed E-state index contributed by atoms with van der Waals surface area (Å²) in [7, 11) is 0. The minimum Gasteiger partial charge on any atom is -0.390 e. The first-order chi connectivity index (χ1) is 6.74. The van der Waals surface area contributed by atoms with Crippen LogP contribution < -0.4 is 0 Å². The first-order valence-corrected chi connectivity index (χ1v) is 6.07. The topological polar surface area (TPSA) is 35.8 Å². The van der Waals surface area contributed by atoms with Gasteiger partial charge in [-0.2, -0.15) is 16.9 Å². The van der Waals surface area contributed by atoms with E-state index in [4.69, 9.17) is 5.11 Å². The van der Waals surface area contributed by atoms with Crippen LogP contribution in [-0.2, 0) is 0 Å². The Kier molecular flexibility index (Phi) is 7.61. The van der Waals surface area contributed by atoms with Gasteiger partial charge in [-0.3, -0.25) is 5.01 Å². The lowest BCUT2D eigenvalue weighted by Gasteiger charge is -2.26. The molecular formula is C10H20N2OS. The van der Waals surface area contributed by atoms with Crippen molar-refractivity contribution in [3.8, 4) is 0 Å². The third-order valence-corrected chi connectivity index (χ3v) is 2.61. The highest BCUT2D eigenvalue weighted by Gasteiger charge is 2.11. The smallest absolute Gasteiger partial charge is 0.0828 e. The van der Waals surface area contributed by atoms with Crippen molar-refractivity contribution in [1.29, 1.82) is 0 Å². The summed E-state index contributed by atoms with van der Waals surface area (Å²) in [5, 5.41) is 14.9. The van der Waals surface area contributed by atoms with Gasteiger partial charge in [0.25, 0.3) is 0 Å². The fourth-order valence-electron chi connectivity index (χ4n) is 0.932. The minimum absolute atomic E-state index is 0.0247. The van der Waals surface area contributed by atoms with Crippen molar-refractivity contribution < 1.29 is 5.11 Å². The van der Waals surface area contributed by atoms with Gasteiger partial charge in [0.1, 0.15) is 0 Å². The zero-order chi connectivity index (χ0) is 11.0. The van der Waals surface area contributed by atoms with Crippen molar-refractivity contribution in [2.45, 2.75) is 20.8 Å². The molecule has 0 spiro atoms. The molecule has 0 amide bonds. The van der Waals surface area contributed by atoms with Crippen LogP contribution in [0.15, 0.2) is 17.4 Å². The highest BCUT2D eigenvalue weighted by molar-refractivity contribution is 7.99. The second-order valence-electron chi connectivity index (χ2n) is 2.74. The summed E-state index contributed by atoms with van der Waals surface area (Å²) < 4.78 is 0. The van der Waals surface area contributed by atoms with Crippen LogP contribution in [0.2, 0.25) is 0 Å². The molecule has 1 fully saturated rings. The number of thioether (sulfide) groups is 1. The predicted molar refractivity (Wildman–Crippen MR) is 64.7 cm³/mol. The highest BCUT2D eigenvalue weighted by Crippen LogP contribution is 2.17. The Labute approximate surface area is 90.9 Å². The van der Waals surface area contributed by atoms with Crippen LogP contribution in [0.1, 0.15) is 20.8 Å². The largest absolute Gasteiger partial charge is 0.390 e. The maximum Gasteiger partial charge on any atom is 0.0828 e. The molecular weight excluding hydrogens is 196 g/mol. The maximum absolute atomic E-state index is 8.76. The van der Waals surface area contributed by atoms with E-state index in [1.807, 2.05) is 37.5 Å². The second kappa shape index (κ2) is 7.88. The highest BCUT2D eigenvalue weighted by atomic mass is 32.2. The second-order valence-corrected chi connectivity index (χ2v) is 3.84. The molecule has 1 N–H and O–H groups in total. The third-order valence-electron chi connectivity index (χ3n) is 1.60. The first-order valence-electron chi connectivity index (χ1n) is 4.92. The molecule has 0 bridgehead atoms. The van der Waals surface area contributed by atoms with Gasteiger partial charge in [-0.15, -0.1) is 0 Å². The van der Waals surface area contributed by atoms with Crippen molar-refractivity contribution in [2.75, 3.05) is 24.7 Å². The zero-order valence-electron chi connectivity index (χ0n) is 9.29. The molecule has 0 saturated carbocycles. The Morgan fingerprint density at radius 3 is 2.79 bits per heavy atom. The summed E-state index contributed by atoms with van der Waals surface area (Å²) in [4.78, 5) is 0. The van der Waals surface area contributed by atoms with Crippen molar-refractivity contribution in [1.82, 2.24) is 5.01 Å². The van der Waals surface area contributed by atoms with Crippen LogP contribution in [0, 0.1) is 0 Å². The number of hydrazone groups is 1. The number of hydrogen-bond acceptors (Lipinski definition) is 4. The van der Waals surface area contributed by atoms with Gasteiger partial charge in [0.2, 0.25) is 0 Å². The van der Waals surface area contributed by atoms with E-state index in [1.54, 1.807) is 0 Å². The van der Waals surface area contributed by atoms with Gasteiger partial charge in [-0.25, -0.2) is 0 Å². The molecule has 0 unspecified atom stereocenters. The number of nitrogens with zero attached hydrogens (tertiary/aromatic N) is 2. The molecule has 0 aromatic carbocycles. The Morgan fingerprint density at radius 1 is 1.64 bits per heavy atom. The van der Waals surface area contributed by atoms with Crippen LogP contribution in [0.3, 0.4) is 0 Å². The number of hydrogen-bond donors (Lipinski definition) is 1. The van der Waals surface area contributed by atoms with Crippen molar-refractivity contribution in [3.63, 3.8) is 0 Å². The number of rotatable bonds is 2. The fraction of sp³-hybridized carbons (Fsp3) is 0.700. The molecule has 3 nitrogen and oxygen atoms in total. The van der Waals surface area contributed by atoms with Crippen LogP contribution in [-0.4, -0.2) is 40.5 Å². The third kappa shape index (κ3) is 4.67. The van der Waals surface area contributed by atoms with Gasteiger partial charge in [0.15, 0.2) is 0 Å². The van der Waals surface area contributed by atoms with E-state index in [0.29, 0.717) is 0 Å². The average molecular weight is 216 g/mol. The van der Waals surface area contributed by atoms with E-state index in [-0.39, 0.29) is 6.61 Å². The zero-order valence-corrected chi connectivity index (χ0v) is 10.1. The summed E-state index contributed by atoms with van der Waals surface area (Å²) in [5.41, 5.74) is 1.77. The molecule has 1 rings (SSSR count). The standard InChI is InChI=1S/C8H14N2OS.C2H6/c1-7(5-11)9-10-3-4-12-6-8(10)2;1-2/h11H,2-6H2,1H3;1-2H3/b9-7+;. The van der Waals surface area contributed by atoms with Gasteiger partial charge in [0.05, 0.1) is 18.9 Å². The van der Waals surface area contributed by atoms with Crippen LogP contribution in [0.5, 0.6) is 0 Å². The lowest BCUT2D eigenvalue weighted by atomic mass is 10.4. The van der Waals surface area contributed by atoms with Crippen LogP contribution in [0.4, 0.5) is 0 Å². The van der Waals surface area contributed by atoms with Crippen LogP contribution >= 0.6 is 11.8 Å². The summed E-state index contributed by atoms with van der Waals surface area (Å²) in [6, 6.07) is 0. The first kappa shape index (κ1) is 13.5. The minimum atomic E-state index is 0.0247. The van der Waals surface area contributed by atoms with E-state index in [2.05, 4.69) is 11.7 Å². The Hall–Kier alpha value is -0.480. The molecule has 1 saturated heterocycles. The van der Waals surface area contributed by atoms with Crippen molar-refractivity contribution in [3.05, 3.63) is 12.3 Å². The molecule has 14 heavy (non-hydrogen) atoms. The molecule has 1 aliphatic rings. The SMILES string of the molecule is C=C1CSCCN1/N=C(\C)CO.CC.